The molecule has 1 aromatic rings. The van der Waals surface area contributed by atoms with Gasteiger partial charge in [-0.1, -0.05) is 31.9 Å². The summed E-state index contributed by atoms with van der Waals surface area (Å²) in [6.45, 7) is 6.25. The Morgan fingerprint density at radius 1 is 1.21 bits per heavy atom. The quantitative estimate of drug-likeness (QED) is 0.124. The van der Waals surface area contributed by atoms with Crippen LogP contribution in [0.5, 0.6) is 0 Å². The third-order valence-corrected chi connectivity index (χ3v) is 10.2. The number of aryl methyl sites for hydroxylation is 1. The van der Waals surface area contributed by atoms with E-state index < -0.39 is 46.4 Å². The number of hydrogen-bond donors (Lipinski definition) is 4. The number of alkyl halides is 5. The summed E-state index contributed by atoms with van der Waals surface area (Å²) < 4.78 is 98.8. The van der Waals surface area contributed by atoms with Crippen LogP contribution in [-0.2, 0) is 16.7 Å². The molecule has 220 valence electrons. The fraction of sp³-hybridized carbons (Fsp3) is 0.704. The van der Waals surface area contributed by atoms with Gasteiger partial charge in [-0.15, -0.1) is 6.58 Å². The fourth-order valence-corrected chi connectivity index (χ4v) is 8.46. The molecule has 6 nitrogen and oxygen atoms in total. The molecule has 0 amide bonds. The van der Waals surface area contributed by atoms with Gasteiger partial charge in [-0.2, -0.15) is 30.4 Å². The van der Waals surface area contributed by atoms with E-state index in [1.807, 2.05) is 12.1 Å². The monoisotopic (exact) mass is 581 g/mol. The molecule has 0 saturated heterocycles. The highest BCUT2D eigenvalue weighted by atomic mass is 32.2. The van der Waals surface area contributed by atoms with Crippen LogP contribution in [0.1, 0.15) is 75.3 Å². The highest BCUT2D eigenvalue weighted by molar-refractivity contribution is 7.87. The number of hydrogen-bond acceptors (Lipinski definition) is 4. The van der Waals surface area contributed by atoms with Crippen LogP contribution in [0.2, 0.25) is 0 Å². The summed E-state index contributed by atoms with van der Waals surface area (Å²) in [5.74, 6) is -5.18. The van der Waals surface area contributed by atoms with Crippen molar-refractivity contribution >= 4 is 16.0 Å². The Morgan fingerprint density at radius 2 is 1.90 bits per heavy atom. The predicted molar refractivity (Wildman–Crippen MR) is 136 cm³/mol. The molecule has 4 rings (SSSR count). The first-order chi connectivity index (χ1) is 18.0. The molecule has 0 aliphatic heterocycles. The molecule has 0 heterocycles. The van der Waals surface area contributed by atoms with Gasteiger partial charge in [0.25, 0.3) is 0 Å². The standard InChI is InChI=1S/C27H36F5NO5S/c1-3-25-13-12-16-14-18(33-39(36,37)38)8-9-19(16)23(25)17(15-24(2)20(25)10-11-21(24)34)6-4-5-7-22(35)26(28,29)27(30,31)32/h3,8-9,14,17,20-23,33-35H,1,4-7,10-13,15H2,2H3,(H,36,37,38)/t17-,20?,21-,22+,23?,24-,25?/m0/s1. The van der Waals surface area contributed by atoms with Gasteiger partial charge in [-0.3, -0.25) is 9.27 Å². The van der Waals surface area contributed by atoms with E-state index in [1.54, 1.807) is 12.1 Å². The SMILES string of the molecule is C=CC12CCc3cc(NS(=O)(=O)O)ccc3C1[C@@H](CCCC[C@@H](O)C(F)(F)C(F)(F)F)C[C@@]1(C)C2CC[C@@H]1O. The summed E-state index contributed by atoms with van der Waals surface area (Å²) in [5.41, 5.74) is 1.30. The number of halogens is 5. The maximum absolute atomic E-state index is 13.5. The summed E-state index contributed by atoms with van der Waals surface area (Å²) >= 11 is 0. The van der Waals surface area contributed by atoms with E-state index in [9.17, 15) is 45.1 Å². The minimum Gasteiger partial charge on any atom is -0.393 e. The van der Waals surface area contributed by atoms with Gasteiger partial charge < -0.3 is 10.2 Å². The first-order valence-corrected chi connectivity index (χ1v) is 14.7. The van der Waals surface area contributed by atoms with Crippen LogP contribution >= 0.6 is 0 Å². The van der Waals surface area contributed by atoms with Crippen LogP contribution in [-0.4, -0.2) is 47.5 Å². The molecule has 2 saturated carbocycles. The highest BCUT2D eigenvalue weighted by Gasteiger charge is 2.64. The molecule has 12 heteroatoms. The van der Waals surface area contributed by atoms with E-state index in [-0.39, 0.29) is 35.3 Å². The van der Waals surface area contributed by atoms with Crippen molar-refractivity contribution < 1.29 is 45.1 Å². The number of aliphatic hydroxyl groups is 2. The molecule has 3 aliphatic carbocycles. The Morgan fingerprint density at radius 3 is 2.51 bits per heavy atom. The minimum absolute atomic E-state index is 0.0239. The van der Waals surface area contributed by atoms with Crippen LogP contribution in [0.25, 0.3) is 0 Å². The lowest BCUT2D eigenvalue weighted by Crippen LogP contribution is -2.54. The van der Waals surface area contributed by atoms with Crippen molar-refractivity contribution in [3.8, 4) is 0 Å². The van der Waals surface area contributed by atoms with Crippen LogP contribution in [0, 0.1) is 22.7 Å². The lowest BCUT2D eigenvalue weighted by atomic mass is 9.44. The zero-order valence-electron chi connectivity index (χ0n) is 21.7. The molecule has 2 fully saturated rings. The number of anilines is 1. The molecular formula is C27H36F5NO5S. The van der Waals surface area contributed by atoms with Crippen molar-refractivity contribution in [3.63, 3.8) is 0 Å². The van der Waals surface area contributed by atoms with Crippen molar-refractivity contribution in [1.29, 1.82) is 0 Å². The van der Waals surface area contributed by atoms with Crippen molar-refractivity contribution in [3.05, 3.63) is 42.0 Å². The Bertz CT molecular complexity index is 1190. The van der Waals surface area contributed by atoms with Crippen molar-refractivity contribution in [2.75, 3.05) is 4.72 Å². The second kappa shape index (κ2) is 10.3. The fourth-order valence-electron chi connectivity index (χ4n) is 8.03. The molecule has 3 unspecified atom stereocenters. The Labute approximate surface area is 225 Å². The maximum atomic E-state index is 13.5. The van der Waals surface area contributed by atoms with Gasteiger partial charge in [0.15, 0.2) is 0 Å². The van der Waals surface area contributed by atoms with E-state index in [0.717, 1.165) is 17.5 Å². The van der Waals surface area contributed by atoms with E-state index in [2.05, 4.69) is 18.2 Å². The zero-order chi connectivity index (χ0) is 29.0. The third kappa shape index (κ3) is 5.34. The van der Waals surface area contributed by atoms with Crippen molar-refractivity contribution in [2.24, 2.45) is 22.7 Å². The molecule has 0 radical (unpaired) electrons. The summed E-state index contributed by atoms with van der Waals surface area (Å²) in [6, 6.07) is 5.06. The third-order valence-electron chi connectivity index (χ3n) is 9.72. The van der Waals surface area contributed by atoms with E-state index in [0.29, 0.717) is 38.5 Å². The van der Waals surface area contributed by atoms with Gasteiger partial charge in [0.1, 0.15) is 6.10 Å². The summed E-state index contributed by atoms with van der Waals surface area (Å²) in [4.78, 5) is 0. The normalized spacial score (nSPS) is 33.6. The van der Waals surface area contributed by atoms with Crippen LogP contribution in [0.15, 0.2) is 30.9 Å². The van der Waals surface area contributed by atoms with E-state index in [4.69, 9.17) is 0 Å². The Hall–Kier alpha value is -1.76. The largest absolute Gasteiger partial charge is 0.456 e. The Balaban J connectivity index is 1.62. The van der Waals surface area contributed by atoms with Gasteiger partial charge in [0.2, 0.25) is 0 Å². The second-order valence-electron chi connectivity index (χ2n) is 11.8. The average Bonchev–Trinajstić information content (AvgIpc) is 3.13. The Kier molecular flexibility index (Phi) is 7.94. The van der Waals surface area contributed by atoms with Gasteiger partial charge in [0, 0.05) is 0 Å². The topological polar surface area (TPSA) is 107 Å². The van der Waals surface area contributed by atoms with Gasteiger partial charge in [-0.25, -0.2) is 0 Å². The van der Waals surface area contributed by atoms with Crippen LogP contribution in [0.4, 0.5) is 27.6 Å². The molecule has 3 aliphatic rings. The highest BCUT2D eigenvalue weighted by Crippen LogP contribution is 2.69. The molecule has 0 spiro atoms. The van der Waals surface area contributed by atoms with E-state index >= 15 is 0 Å². The first kappa shape index (κ1) is 30.2. The minimum atomic E-state index is -5.82. The number of nitrogens with one attached hydrogen (secondary N) is 1. The number of rotatable bonds is 9. The van der Waals surface area contributed by atoms with Crippen molar-refractivity contribution in [2.45, 2.75) is 94.9 Å². The maximum Gasteiger partial charge on any atom is 0.456 e. The number of allylic oxidation sites excluding steroid dienone is 1. The molecule has 0 aromatic heterocycles. The van der Waals surface area contributed by atoms with Crippen molar-refractivity contribution in [1.82, 2.24) is 0 Å². The summed E-state index contributed by atoms with van der Waals surface area (Å²) in [6.07, 6.45) is -3.73. The van der Waals surface area contributed by atoms with Gasteiger partial charge >= 0.3 is 22.4 Å². The first-order valence-electron chi connectivity index (χ1n) is 13.3. The average molecular weight is 582 g/mol. The number of aliphatic hydroxyl groups excluding tert-OH is 2. The van der Waals surface area contributed by atoms with Crippen LogP contribution in [0.3, 0.4) is 0 Å². The molecule has 39 heavy (non-hydrogen) atoms. The van der Waals surface area contributed by atoms with Crippen LogP contribution < -0.4 is 4.72 Å². The predicted octanol–water partition coefficient (Wildman–Crippen LogP) is 6.02. The summed E-state index contributed by atoms with van der Waals surface area (Å²) in [7, 11) is -4.46. The second-order valence-corrected chi connectivity index (χ2v) is 13.0. The zero-order valence-corrected chi connectivity index (χ0v) is 22.5. The lowest BCUT2D eigenvalue weighted by Gasteiger charge is -2.60. The number of benzene rings is 1. The lowest BCUT2D eigenvalue weighted by molar-refractivity contribution is -0.313. The smallest absolute Gasteiger partial charge is 0.393 e. The summed E-state index contributed by atoms with van der Waals surface area (Å²) in [5, 5.41) is 20.6. The molecule has 4 N–H and O–H groups in total. The molecule has 0 bridgehead atoms. The molecular weight excluding hydrogens is 545 g/mol. The van der Waals surface area contributed by atoms with Gasteiger partial charge in [0.05, 0.1) is 11.8 Å². The molecule has 1 aromatic carbocycles. The number of unbranched alkanes of at least 4 members (excludes halogenated alkanes) is 1. The van der Waals surface area contributed by atoms with Gasteiger partial charge in [-0.05, 0) is 96.8 Å². The van der Waals surface area contributed by atoms with E-state index in [1.165, 1.54) is 0 Å². The number of fused-ring (bicyclic) bond motifs is 5. The molecule has 7 atom stereocenters.